The van der Waals surface area contributed by atoms with Crippen LogP contribution in [0.25, 0.3) is 22.3 Å². The number of nitriles is 1. The number of hydrogen-bond acceptors (Lipinski definition) is 7. The van der Waals surface area contributed by atoms with E-state index in [9.17, 15) is 10.1 Å². The minimum Gasteiger partial charge on any atom is -0.382 e. The highest BCUT2D eigenvalue weighted by atomic mass is 16.2. The number of carbonyl (C=O) groups excluding carboxylic acids is 1. The Labute approximate surface area is 152 Å². The number of imidazole rings is 1. The van der Waals surface area contributed by atoms with Crippen LogP contribution in [0.15, 0.2) is 48.9 Å². The number of anilines is 2. The molecule has 4 aromatic rings. The molecule has 0 aliphatic rings. The fourth-order valence-electron chi connectivity index (χ4n) is 2.58. The number of amides is 1. The van der Waals surface area contributed by atoms with Gasteiger partial charge in [0.1, 0.15) is 6.07 Å². The number of benzene rings is 1. The summed E-state index contributed by atoms with van der Waals surface area (Å²) in [5.41, 5.74) is 8.45. The number of nitrogens with zero attached hydrogens (tertiary/aromatic N) is 5. The quantitative estimate of drug-likeness (QED) is 0.509. The highest BCUT2D eigenvalue weighted by molar-refractivity contribution is 6.05. The Morgan fingerprint density at radius 1 is 1.19 bits per heavy atom. The lowest BCUT2D eigenvalue weighted by Crippen LogP contribution is -2.18. The first-order valence-corrected chi connectivity index (χ1v) is 7.89. The molecule has 0 saturated carbocycles. The van der Waals surface area contributed by atoms with Gasteiger partial charge in [-0.1, -0.05) is 12.1 Å². The van der Waals surface area contributed by atoms with E-state index in [1.807, 2.05) is 30.3 Å². The van der Waals surface area contributed by atoms with Gasteiger partial charge in [0.2, 0.25) is 5.95 Å². The zero-order chi connectivity index (χ0) is 18.8. The first kappa shape index (κ1) is 16.2. The Bertz CT molecular complexity index is 1170. The van der Waals surface area contributed by atoms with Crippen molar-refractivity contribution >= 4 is 28.7 Å². The predicted octanol–water partition coefficient (Wildman–Crippen LogP) is 2.12. The Balaban J connectivity index is 1.68. The number of nitrogens with two attached hydrogens (primary N) is 1. The van der Waals surface area contributed by atoms with Crippen LogP contribution in [0, 0.1) is 11.3 Å². The van der Waals surface area contributed by atoms with Gasteiger partial charge in [-0.3, -0.25) is 15.1 Å². The zero-order valence-corrected chi connectivity index (χ0v) is 13.8. The van der Waals surface area contributed by atoms with Crippen molar-refractivity contribution < 1.29 is 4.79 Å². The molecule has 9 heteroatoms. The van der Waals surface area contributed by atoms with E-state index in [2.05, 4.69) is 30.2 Å². The van der Waals surface area contributed by atoms with Crippen molar-refractivity contribution in [3.8, 4) is 17.3 Å². The minimum absolute atomic E-state index is 0.0278. The van der Waals surface area contributed by atoms with Crippen molar-refractivity contribution in [3.63, 3.8) is 0 Å². The molecule has 0 fully saturated rings. The van der Waals surface area contributed by atoms with Crippen LogP contribution in [-0.4, -0.2) is 30.8 Å². The van der Waals surface area contributed by atoms with E-state index in [1.165, 1.54) is 18.6 Å². The fraction of sp³-hybridized carbons (Fsp3) is 0. The third kappa shape index (κ3) is 3.03. The summed E-state index contributed by atoms with van der Waals surface area (Å²) in [4.78, 5) is 32.1. The van der Waals surface area contributed by atoms with Gasteiger partial charge in [0.05, 0.1) is 28.5 Å². The molecule has 0 bridgehead atoms. The summed E-state index contributed by atoms with van der Waals surface area (Å²) in [6, 6.07) is 11.0. The van der Waals surface area contributed by atoms with Crippen molar-refractivity contribution in [1.29, 1.82) is 5.26 Å². The summed E-state index contributed by atoms with van der Waals surface area (Å²) in [6.07, 6.45) is 4.35. The average molecular weight is 356 g/mol. The van der Waals surface area contributed by atoms with E-state index in [4.69, 9.17) is 5.73 Å². The molecule has 1 aromatic carbocycles. The maximum Gasteiger partial charge on any atom is 0.280 e. The van der Waals surface area contributed by atoms with E-state index < -0.39 is 5.91 Å². The van der Waals surface area contributed by atoms with E-state index in [1.54, 1.807) is 6.07 Å². The van der Waals surface area contributed by atoms with E-state index in [0.29, 0.717) is 16.8 Å². The largest absolute Gasteiger partial charge is 0.382 e. The number of H-pyrrole nitrogens is 1. The van der Waals surface area contributed by atoms with Crippen LogP contribution in [0.2, 0.25) is 0 Å². The molecule has 4 rings (SSSR count). The van der Waals surface area contributed by atoms with Crippen molar-refractivity contribution in [2.75, 3.05) is 11.1 Å². The Kier molecular flexibility index (Phi) is 3.91. The molecule has 0 radical (unpaired) electrons. The van der Waals surface area contributed by atoms with Crippen molar-refractivity contribution in [2.45, 2.75) is 0 Å². The minimum atomic E-state index is -0.562. The molecule has 0 saturated heterocycles. The maximum absolute atomic E-state index is 12.6. The number of rotatable bonds is 3. The number of fused-ring (bicyclic) bond motifs is 1. The highest BCUT2D eigenvalue weighted by Gasteiger charge is 2.17. The standard InChI is InChI=1S/C18H12N8O/c19-7-10-8-21-6-5-11(10)14-9-22-16(20)15(23-14)17(27)26-18-24-12-3-1-2-4-13(12)25-18/h1-6,8-9H,(H2,20,22)(H2,24,25,26,27). The normalized spacial score (nSPS) is 10.5. The van der Waals surface area contributed by atoms with Gasteiger partial charge in [0.25, 0.3) is 5.91 Å². The van der Waals surface area contributed by atoms with Crippen LogP contribution < -0.4 is 11.1 Å². The van der Waals surface area contributed by atoms with Gasteiger partial charge >= 0.3 is 0 Å². The average Bonchev–Trinajstić information content (AvgIpc) is 3.10. The second-order valence-corrected chi connectivity index (χ2v) is 5.58. The van der Waals surface area contributed by atoms with Crippen molar-refractivity contribution in [2.24, 2.45) is 0 Å². The van der Waals surface area contributed by atoms with E-state index in [-0.39, 0.29) is 17.5 Å². The van der Waals surface area contributed by atoms with Gasteiger partial charge in [-0.2, -0.15) is 5.26 Å². The summed E-state index contributed by atoms with van der Waals surface area (Å²) in [7, 11) is 0. The molecule has 0 spiro atoms. The molecule has 9 nitrogen and oxygen atoms in total. The molecule has 0 aliphatic heterocycles. The molecule has 0 unspecified atom stereocenters. The van der Waals surface area contributed by atoms with Crippen LogP contribution in [0.3, 0.4) is 0 Å². The Morgan fingerprint density at radius 2 is 2.04 bits per heavy atom. The number of hydrogen-bond donors (Lipinski definition) is 3. The Morgan fingerprint density at radius 3 is 2.85 bits per heavy atom. The zero-order valence-electron chi connectivity index (χ0n) is 13.8. The lowest BCUT2D eigenvalue weighted by Gasteiger charge is -2.07. The highest BCUT2D eigenvalue weighted by Crippen LogP contribution is 2.22. The monoisotopic (exact) mass is 356 g/mol. The lowest BCUT2D eigenvalue weighted by molar-refractivity contribution is 0.102. The van der Waals surface area contributed by atoms with Gasteiger partial charge in [0.15, 0.2) is 11.5 Å². The summed E-state index contributed by atoms with van der Waals surface area (Å²) >= 11 is 0. The van der Waals surface area contributed by atoms with Gasteiger partial charge in [0, 0.05) is 18.0 Å². The molecule has 4 N–H and O–H groups in total. The van der Waals surface area contributed by atoms with Crippen LogP contribution >= 0.6 is 0 Å². The number of nitrogen functional groups attached to an aromatic ring is 1. The molecular formula is C18H12N8O. The lowest BCUT2D eigenvalue weighted by atomic mass is 10.1. The number of pyridine rings is 1. The smallest absolute Gasteiger partial charge is 0.280 e. The van der Waals surface area contributed by atoms with Crippen LogP contribution in [0.4, 0.5) is 11.8 Å². The third-order valence-electron chi connectivity index (χ3n) is 3.85. The maximum atomic E-state index is 12.6. The first-order valence-electron chi connectivity index (χ1n) is 7.89. The molecule has 1 amide bonds. The van der Waals surface area contributed by atoms with Crippen LogP contribution in [0.5, 0.6) is 0 Å². The molecule has 27 heavy (non-hydrogen) atoms. The fourth-order valence-corrected chi connectivity index (χ4v) is 2.58. The van der Waals surface area contributed by atoms with Crippen LogP contribution in [-0.2, 0) is 0 Å². The summed E-state index contributed by atoms with van der Waals surface area (Å²) in [6.45, 7) is 0. The third-order valence-corrected chi connectivity index (χ3v) is 3.85. The molecule has 3 heterocycles. The summed E-state index contributed by atoms with van der Waals surface area (Å²) in [5, 5.41) is 11.9. The van der Waals surface area contributed by atoms with E-state index >= 15 is 0 Å². The second-order valence-electron chi connectivity index (χ2n) is 5.58. The number of para-hydroxylation sites is 2. The van der Waals surface area contributed by atoms with Gasteiger partial charge < -0.3 is 10.7 Å². The predicted molar refractivity (Wildman–Crippen MR) is 98.4 cm³/mol. The number of carbonyl (C=O) groups is 1. The first-order chi connectivity index (χ1) is 13.2. The van der Waals surface area contributed by atoms with E-state index in [0.717, 1.165) is 11.0 Å². The molecule has 130 valence electrons. The molecule has 3 aromatic heterocycles. The topological polar surface area (TPSA) is 146 Å². The Hall–Kier alpha value is -4.32. The van der Waals surface area contributed by atoms with Gasteiger partial charge in [-0.05, 0) is 18.2 Å². The van der Waals surface area contributed by atoms with Crippen molar-refractivity contribution in [1.82, 2.24) is 24.9 Å². The molecular weight excluding hydrogens is 344 g/mol. The van der Waals surface area contributed by atoms with Gasteiger partial charge in [-0.25, -0.2) is 15.0 Å². The SMILES string of the molecule is N#Cc1cnccc1-c1cnc(N)c(C(=O)Nc2nc3ccccc3[nH]2)n1. The molecule has 0 atom stereocenters. The molecule has 0 aliphatic carbocycles. The van der Waals surface area contributed by atoms with Crippen molar-refractivity contribution in [3.05, 3.63) is 60.2 Å². The number of nitrogens with one attached hydrogen (secondary N) is 2. The van der Waals surface area contributed by atoms with Crippen LogP contribution in [0.1, 0.15) is 16.1 Å². The van der Waals surface area contributed by atoms with Gasteiger partial charge in [-0.15, -0.1) is 0 Å². The number of aromatic nitrogens is 5. The summed E-state index contributed by atoms with van der Waals surface area (Å²) < 4.78 is 0. The second kappa shape index (κ2) is 6.53. The number of aromatic amines is 1. The summed E-state index contributed by atoms with van der Waals surface area (Å²) in [5.74, 6) is -0.317.